The number of ether oxygens (including phenoxy) is 1. The number of hydrogen-bond acceptors (Lipinski definition) is 4. The lowest BCUT2D eigenvalue weighted by molar-refractivity contribution is -0.123. The average molecular weight is 323 g/mol. The maximum atomic E-state index is 12.0. The van der Waals surface area contributed by atoms with Gasteiger partial charge in [0.15, 0.2) is 6.61 Å². The van der Waals surface area contributed by atoms with Crippen molar-refractivity contribution in [3.05, 3.63) is 64.7 Å². The van der Waals surface area contributed by atoms with Crippen LogP contribution in [0.5, 0.6) is 5.75 Å². The molecule has 0 atom stereocenters. The molecule has 0 spiro atoms. The number of carbonyl (C=O) groups excluding carboxylic acids is 2. The van der Waals surface area contributed by atoms with Gasteiger partial charge < -0.3 is 4.74 Å². The van der Waals surface area contributed by atoms with E-state index in [2.05, 4.69) is 10.9 Å². The molecule has 2 aromatic rings. The van der Waals surface area contributed by atoms with Crippen LogP contribution in [0.1, 0.15) is 27.0 Å². The Morgan fingerprint density at radius 1 is 1.12 bits per heavy atom. The van der Waals surface area contributed by atoms with E-state index in [4.69, 9.17) is 10.00 Å². The molecule has 24 heavy (non-hydrogen) atoms. The summed E-state index contributed by atoms with van der Waals surface area (Å²) in [6.07, 6.45) is 0. The van der Waals surface area contributed by atoms with E-state index in [1.165, 1.54) is 0 Å². The first kappa shape index (κ1) is 17.0. The van der Waals surface area contributed by atoms with Gasteiger partial charge in [0.1, 0.15) is 11.8 Å². The van der Waals surface area contributed by atoms with Gasteiger partial charge in [-0.25, -0.2) is 0 Å². The van der Waals surface area contributed by atoms with Crippen LogP contribution in [0.2, 0.25) is 0 Å². The average Bonchev–Trinajstić information content (AvgIpc) is 2.58. The number of carbonyl (C=O) groups is 2. The van der Waals surface area contributed by atoms with E-state index in [9.17, 15) is 9.59 Å². The molecule has 2 rings (SSSR count). The summed E-state index contributed by atoms with van der Waals surface area (Å²) in [7, 11) is 0. The largest absolute Gasteiger partial charge is 0.482 e. The molecule has 0 aliphatic rings. The first-order chi connectivity index (χ1) is 11.5. The molecule has 2 N–H and O–H groups in total. The van der Waals surface area contributed by atoms with Crippen molar-refractivity contribution in [3.63, 3.8) is 0 Å². The smallest absolute Gasteiger partial charge is 0.276 e. The van der Waals surface area contributed by atoms with Crippen molar-refractivity contribution in [1.82, 2.24) is 10.9 Å². The summed E-state index contributed by atoms with van der Waals surface area (Å²) in [6.45, 7) is 3.45. The number of amides is 2. The van der Waals surface area contributed by atoms with Crippen molar-refractivity contribution in [1.29, 1.82) is 5.26 Å². The standard InChI is InChI=1S/C18H17N3O3/c1-12-7-8-15(13(2)9-12)18(23)21-20-17(22)11-24-16-6-4-3-5-14(16)10-19/h3-9H,11H2,1-2H3,(H,20,22)(H,21,23). The van der Waals surface area contributed by atoms with Gasteiger partial charge in [-0.2, -0.15) is 5.26 Å². The molecule has 6 heteroatoms. The van der Waals surface area contributed by atoms with Crippen LogP contribution >= 0.6 is 0 Å². The van der Waals surface area contributed by atoms with Gasteiger partial charge in [-0.3, -0.25) is 20.4 Å². The van der Waals surface area contributed by atoms with E-state index < -0.39 is 11.8 Å². The van der Waals surface area contributed by atoms with Gasteiger partial charge in [0.05, 0.1) is 5.56 Å². The zero-order valence-corrected chi connectivity index (χ0v) is 13.4. The van der Waals surface area contributed by atoms with Crippen molar-refractivity contribution >= 4 is 11.8 Å². The van der Waals surface area contributed by atoms with Gasteiger partial charge >= 0.3 is 0 Å². The second-order valence-corrected chi connectivity index (χ2v) is 5.22. The first-order valence-corrected chi connectivity index (χ1v) is 7.29. The normalized spacial score (nSPS) is 9.71. The highest BCUT2D eigenvalue weighted by Crippen LogP contribution is 2.16. The fourth-order valence-corrected chi connectivity index (χ4v) is 2.13. The number of nitrogens with one attached hydrogen (secondary N) is 2. The summed E-state index contributed by atoms with van der Waals surface area (Å²) in [5, 5.41) is 8.94. The Labute approximate surface area is 140 Å². The SMILES string of the molecule is Cc1ccc(C(=O)NNC(=O)COc2ccccc2C#N)c(C)c1. The van der Waals surface area contributed by atoms with E-state index in [0.717, 1.165) is 11.1 Å². The molecule has 122 valence electrons. The highest BCUT2D eigenvalue weighted by atomic mass is 16.5. The summed E-state index contributed by atoms with van der Waals surface area (Å²) >= 11 is 0. The van der Waals surface area contributed by atoms with Crippen molar-refractivity contribution in [2.45, 2.75) is 13.8 Å². The van der Waals surface area contributed by atoms with Crippen molar-refractivity contribution in [2.75, 3.05) is 6.61 Å². The third-order valence-electron chi connectivity index (χ3n) is 3.31. The van der Waals surface area contributed by atoms with E-state index in [-0.39, 0.29) is 6.61 Å². The Bertz CT molecular complexity index is 809. The number of hydrazine groups is 1. The fraction of sp³-hybridized carbons (Fsp3) is 0.167. The van der Waals surface area contributed by atoms with Gasteiger partial charge in [0.2, 0.25) is 0 Å². The fourth-order valence-electron chi connectivity index (χ4n) is 2.13. The second-order valence-electron chi connectivity index (χ2n) is 5.22. The van der Waals surface area contributed by atoms with Crippen LogP contribution < -0.4 is 15.6 Å². The van der Waals surface area contributed by atoms with Crippen molar-refractivity contribution in [3.8, 4) is 11.8 Å². The van der Waals surface area contributed by atoms with Crippen LogP contribution in [0.4, 0.5) is 0 Å². The maximum absolute atomic E-state index is 12.0. The second kappa shape index (κ2) is 7.79. The zero-order valence-electron chi connectivity index (χ0n) is 13.4. The van der Waals surface area contributed by atoms with Crippen LogP contribution in [0.25, 0.3) is 0 Å². The molecule has 0 aliphatic heterocycles. The number of hydrogen-bond donors (Lipinski definition) is 2. The number of benzene rings is 2. The van der Waals surface area contributed by atoms with E-state index >= 15 is 0 Å². The summed E-state index contributed by atoms with van der Waals surface area (Å²) in [5.74, 6) is -0.616. The molecule has 0 bridgehead atoms. The van der Waals surface area contributed by atoms with Gasteiger partial charge in [-0.05, 0) is 37.6 Å². The topological polar surface area (TPSA) is 91.2 Å². The molecule has 2 aromatic carbocycles. The number of rotatable bonds is 4. The number of nitriles is 1. The van der Waals surface area contributed by atoms with Gasteiger partial charge in [0.25, 0.3) is 11.8 Å². The van der Waals surface area contributed by atoms with Crippen LogP contribution in [0.3, 0.4) is 0 Å². The summed E-state index contributed by atoms with van der Waals surface area (Å²) in [5.41, 5.74) is 7.32. The van der Waals surface area contributed by atoms with Crippen LogP contribution in [0, 0.1) is 25.2 Å². The lowest BCUT2D eigenvalue weighted by Gasteiger charge is -2.11. The molecule has 0 aliphatic carbocycles. The Hall–Kier alpha value is -3.33. The summed E-state index contributed by atoms with van der Waals surface area (Å²) < 4.78 is 5.28. The van der Waals surface area contributed by atoms with Crippen LogP contribution in [-0.4, -0.2) is 18.4 Å². The summed E-state index contributed by atoms with van der Waals surface area (Å²) in [4.78, 5) is 23.8. The number of aryl methyl sites for hydroxylation is 2. The van der Waals surface area contributed by atoms with Gasteiger partial charge in [-0.1, -0.05) is 29.8 Å². The minimum atomic E-state index is -0.527. The van der Waals surface area contributed by atoms with Crippen LogP contribution in [-0.2, 0) is 4.79 Å². The minimum Gasteiger partial charge on any atom is -0.482 e. The van der Waals surface area contributed by atoms with Gasteiger partial charge in [0, 0.05) is 5.56 Å². The van der Waals surface area contributed by atoms with E-state index in [1.54, 1.807) is 30.3 Å². The predicted molar refractivity (Wildman–Crippen MR) is 88.2 cm³/mol. The van der Waals surface area contributed by atoms with Crippen LogP contribution in [0.15, 0.2) is 42.5 Å². The molecule has 0 radical (unpaired) electrons. The molecule has 0 saturated heterocycles. The number of para-hydroxylation sites is 1. The molecule has 0 saturated carbocycles. The van der Waals surface area contributed by atoms with Crippen molar-refractivity contribution in [2.24, 2.45) is 0 Å². The molecule has 0 aromatic heterocycles. The Balaban J connectivity index is 1.87. The van der Waals surface area contributed by atoms with E-state index in [1.807, 2.05) is 32.0 Å². The molecule has 0 fully saturated rings. The highest BCUT2D eigenvalue weighted by molar-refractivity contribution is 5.96. The quantitative estimate of drug-likeness (QED) is 0.842. The third kappa shape index (κ3) is 4.34. The lowest BCUT2D eigenvalue weighted by atomic mass is 10.1. The molecular formula is C18H17N3O3. The lowest BCUT2D eigenvalue weighted by Crippen LogP contribution is -2.44. The predicted octanol–water partition coefficient (Wildman–Crippen LogP) is 2.02. The summed E-state index contributed by atoms with van der Waals surface area (Å²) in [6, 6.07) is 14.0. The Morgan fingerprint density at radius 2 is 1.88 bits per heavy atom. The first-order valence-electron chi connectivity index (χ1n) is 7.29. The molecule has 0 unspecified atom stereocenters. The number of nitrogens with zero attached hydrogens (tertiary/aromatic N) is 1. The monoisotopic (exact) mass is 323 g/mol. The Kier molecular flexibility index (Phi) is 5.53. The van der Waals surface area contributed by atoms with Crippen molar-refractivity contribution < 1.29 is 14.3 Å². The molecule has 0 heterocycles. The van der Waals surface area contributed by atoms with Gasteiger partial charge in [-0.15, -0.1) is 0 Å². The Morgan fingerprint density at radius 3 is 2.58 bits per heavy atom. The highest BCUT2D eigenvalue weighted by Gasteiger charge is 2.11. The molecular weight excluding hydrogens is 306 g/mol. The zero-order chi connectivity index (χ0) is 17.5. The minimum absolute atomic E-state index is 0.314. The molecule has 2 amide bonds. The maximum Gasteiger partial charge on any atom is 0.276 e. The van der Waals surface area contributed by atoms with E-state index in [0.29, 0.717) is 16.9 Å². The third-order valence-corrected chi connectivity index (χ3v) is 3.31. The molecule has 6 nitrogen and oxygen atoms in total.